The van der Waals surface area contributed by atoms with E-state index < -0.39 is 11.6 Å². The van der Waals surface area contributed by atoms with Crippen molar-refractivity contribution in [1.29, 1.82) is 0 Å². The number of aryl methyl sites for hydroxylation is 1. The molecular weight excluding hydrogens is 428 g/mol. The van der Waals surface area contributed by atoms with E-state index in [2.05, 4.69) is 22.2 Å². The summed E-state index contributed by atoms with van der Waals surface area (Å²) in [5.41, 5.74) is 1.91. The number of benzene rings is 2. The van der Waals surface area contributed by atoms with E-state index in [0.29, 0.717) is 25.5 Å². The van der Waals surface area contributed by atoms with Gasteiger partial charge >= 0.3 is 6.03 Å². The summed E-state index contributed by atoms with van der Waals surface area (Å²) in [7, 11) is 0. The molecule has 1 aliphatic heterocycles. The molecule has 3 aromatic rings. The summed E-state index contributed by atoms with van der Waals surface area (Å²) >= 11 is 0. The Morgan fingerprint density at radius 2 is 1.97 bits per heavy atom. The third kappa shape index (κ3) is 5.19. The van der Waals surface area contributed by atoms with Gasteiger partial charge in [0.05, 0.1) is 0 Å². The van der Waals surface area contributed by atoms with Crippen LogP contribution >= 0.6 is 0 Å². The maximum Gasteiger partial charge on any atom is 0.322 e. The first-order valence-corrected chi connectivity index (χ1v) is 10.8. The van der Waals surface area contributed by atoms with Crippen molar-refractivity contribution in [2.75, 3.05) is 29.9 Å². The highest BCUT2D eigenvalue weighted by Crippen LogP contribution is 2.26. The van der Waals surface area contributed by atoms with Crippen molar-refractivity contribution in [1.82, 2.24) is 14.9 Å². The number of carbonyl (C=O) groups excluding carboxylic acids is 1. The Morgan fingerprint density at radius 1 is 1.15 bits per heavy atom. The van der Waals surface area contributed by atoms with Gasteiger partial charge in [0.15, 0.2) is 11.6 Å². The van der Waals surface area contributed by atoms with Gasteiger partial charge in [-0.15, -0.1) is 0 Å². The maximum atomic E-state index is 13.9. The molecule has 172 valence electrons. The Bertz CT molecular complexity index is 1140. The first kappa shape index (κ1) is 22.4. The molecule has 7 nitrogen and oxygen atoms in total. The fourth-order valence-electron chi connectivity index (χ4n) is 3.83. The van der Waals surface area contributed by atoms with Crippen LogP contribution in [0.4, 0.5) is 25.1 Å². The summed E-state index contributed by atoms with van der Waals surface area (Å²) in [6, 6.07) is 12.2. The van der Waals surface area contributed by atoms with E-state index in [1.165, 1.54) is 12.4 Å². The highest BCUT2D eigenvalue weighted by atomic mass is 19.1. The number of anilines is 2. The number of hydrogen-bond donors (Lipinski definition) is 1. The molecule has 1 fully saturated rings. The van der Waals surface area contributed by atoms with Gasteiger partial charge in [0.1, 0.15) is 18.0 Å². The maximum absolute atomic E-state index is 13.9. The zero-order valence-corrected chi connectivity index (χ0v) is 18.5. The number of amides is 2. The smallest absolute Gasteiger partial charge is 0.322 e. The van der Waals surface area contributed by atoms with Crippen LogP contribution in [0.1, 0.15) is 19.4 Å². The van der Waals surface area contributed by atoms with Crippen molar-refractivity contribution in [2.45, 2.75) is 26.3 Å². The van der Waals surface area contributed by atoms with Crippen molar-refractivity contribution in [3.63, 3.8) is 0 Å². The molecule has 0 unspecified atom stereocenters. The minimum absolute atomic E-state index is 0.0681. The molecule has 1 aliphatic rings. The van der Waals surface area contributed by atoms with Crippen molar-refractivity contribution in [3.8, 4) is 11.6 Å². The number of nitrogens with one attached hydrogen (secondary N) is 1. The zero-order chi connectivity index (χ0) is 23.4. The summed E-state index contributed by atoms with van der Waals surface area (Å²) in [6.07, 6.45) is 2.16. The van der Waals surface area contributed by atoms with Crippen LogP contribution in [-0.4, -0.2) is 46.6 Å². The second-order valence-corrected chi connectivity index (χ2v) is 7.82. The molecule has 0 spiro atoms. The van der Waals surface area contributed by atoms with E-state index in [0.717, 1.165) is 29.8 Å². The molecule has 1 N–H and O–H groups in total. The predicted octanol–water partition coefficient (Wildman–Crippen LogP) is 4.85. The molecule has 9 heteroatoms. The summed E-state index contributed by atoms with van der Waals surface area (Å²) in [4.78, 5) is 25.0. The third-order valence-corrected chi connectivity index (χ3v) is 5.59. The van der Waals surface area contributed by atoms with E-state index in [1.54, 1.807) is 11.0 Å². The molecule has 0 aliphatic carbocycles. The van der Waals surface area contributed by atoms with Crippen LogP contribution < -0.4 is 15.0 Å². The van der Waals surface area contributed by atoms with E-state index in [4.69, 9.17) is 4.74 Å². The monoisotopic (exact) mass is 453 g/mol. The number of nitrogens with zero attached hydrogens (tertiary/aromatic N) is 4. The van der Waals surface area contributed by atoms with Crippen LogP contribution in [0.2, 0.25) is 0 Å². The number of piperazine rings is 1. The number of hydrogen-bond acceptors (Lipinski definition) is 5. The van der Waals surface area contributed by atoms with E-state index in [9.17, 15) is 13.6 Å². The van der Waals surface area contributed by atoms with Gasteiger partial charge in [-0.2, -0.15) is 0 Å². The number of rotatable bonds is 5. The van der Waals surface area contributed by atoms with E-state index in [1.807, 2.05) is 36.1 Å². The fraction of sp³-hybridized carbons (Fsp3) is 0.292. The number of halogens is 2. The minimum atomic E-state index is -0.812. The Morgan fingerprint density at radius 3 is 2.73 bits per heavy atom. The molecule has 2 aromatic carbocycles. The predicted molar refractivity (Wildman–Crippen MR) is 122 cm³/mol. The Labute approximate surface area is 191 Å². The molecule has 2 amide bonds. The largest absolute Gasteiger partial charge is 0.436 e. The van der Waals surface area contributed by atoms with E-state index in [-0.39, 0.29) is 23.7 Å². The fourth-order valence-corrected chi connectivity index (χ4v) is 3.83. The molecule has 1 atom stereocenters. The molecule has 0 radical (unpaired) electrons. The lowest BCUT2D eigenvalue weighted by molar-refractivity contribution is 0.184. The minimum Gasteiger partial charge on any atom is -0.436 e. The van der Waals surface area contributed by atoms with Gasteiger partial charge in [0, 0.05) is 43.5 Å². The Balaban J connectivity index is 1.41. The topological polar surface area (TPSA) is 70.6 Å². The quantitative estimate of drug-likeness (QED) is 0.598. The molecular formula is C24H25F2N5O2. The molecule has 1 saturated heterocycles. The standard InChI is InChI=1S/C24H25F2N5O2/c1-3-17-6-4-5-7-20(17)29-24(32)31-11-10-30(14-16(31)2)22-13-23(28-15-27-22)33-21-9-8-18(25)12-19(21)26/h4-9,12-13,15-16H,3,10-11,14H2,1-2H3,(H,29,32)/t16-/m0/s1. The van der Waals surface area contributed by atoms with Crippen LogP contribution in [-0.2, 0) is 6.42 Å². The number of urea groups is 1. The van der Waals surface area contributed by atoms with Crippen molar-refractivity contribution in [2.24, 2.45) is 0 Å². The highest BCUT2D eigenvalue weighted by Gasteiger charge is 2.28. The number of para-hydroxylation sites is 1. The zero-order valence-electron chi connectivity index (χ0n) is 18.5. The van der Waals surface area contributed by atoms with Gasteiger partial charge in [-0.3, -0.25) is 0 Å². The van der Waals surface area contributed by atoms with Gasteiger partial charge in [0.2, 0.25) is 5.88 Å². The van der Waals surface area contributed by atoms with Crippen LogP contribution in [0, 0.1) is 11.6 Å². The average Bonchev–Trinajstić information content (AvgIpc) is 2.81. The summed E-state index contributed by atoms with van der Waals surface area (Å²) < 4.78 is 32.5. The molecule has 1 aromatic heterocycles. The van der Waals surface area contributed by atoms with Gasteiger partial charge < -0.3 is 19.9 Å². The lowest BCUT2D eigenvalue weighted by atomic mass is 10.1. The second-order valence-electron chi connectivity index (χ2n) is 7.82. The first-order chi connectivity index (χ1) is 15.9. The normalized spacial score (nSPS) is 15.9. The van der Waals surface area contributed by atoms with Gasteiger partial charge in [-0.25, -0.2) is 23.5 Å². The average molecular weight is 453 g/mol. The summed E-state index contributed by atoms with van der Waals surface area (Å²) in [5.74, 6) is -0.867. The molecule has 4 rings (SSSR count). The molecule has 33 heavy (non-hydrogen) atoms. The van der Waals surface area contributed by atoms with Gasteiger partial charge in [0.25, 0.3) is 0 Å². The Kier molecular flexibility index (Phi) is 6.67. The van der Waals surface area contributed by atoms with Gasteiger partial charge in [-0.05, 0) is 37.1 Å². The lowest BCUT2D eigenvalue weighted by Crippen LogP contribution is -2.55. The van der Waals surface area contributed by atoms with Crippen LogP contribution in [0.3, 0.4) is 0 Å². The van der Waals surface area contributed by atoms with Crippen molar-refractivity contribution >= 4 is 17.5 Å². The number of ether oxygens (including phenoxy) is 1. The summed E-state index contributed by atoms with van der Waals surface area (Å²) in [5, 5.41) is 3.02. The van der Waals surface area contributed by atoms with Crippen LogP contribution in [0.5, 0.6) is 11.6 Å². The Hall–Kier alpha value is -3.75. The molecule has 2 heterocycles. The molecule has 0 bridgehead atoms. The molecule has 0 saturated carbocycles. The van der Waals surface area contributed by atoms with E-state index >= 15 is 0 Å². The second kappa shape index (κ2) is 9.81. The number of carbonyl (C=O) groups is 1. The SMILES string of the molecule is CCc1ccccc1NC(=O)N1CCN(c2cc(Oc3ccc(F)cc3F)ncn2)C[C@@H]1C. The highest BCUT2D eigenvalue weighted by molar-refractivity contribution is 5.90. The number of aromatic nitrogens is 2. The van der Waals surface area contributed by atoms with Crippen LogP contribution in [0.15, 0.2) is 54.9 Å². The van der Waals surface area contributed by atoms with Crippen molar-refractivity contribution < 1.29 is 18.3 Å². The van der Waals surface area contributed by atoms with Crippen LogP contribution in [0.25, 0.3) is 0 Å². The first-order valence-electron chi connectivity index (χ1n) is 10.8. The third-order valence-electron chi connectivity index (χ3n) is 5.59. The summed E-state index contributed by atoms with van der Waals surface area (Å²) in [6.45, 7) is 5.66. The van der Waals surface area contributed by atoms with Crippen molar-refractivity contribution in [3.05, 3.63) is 72.1 Å². The van der Waals surface area contributed by atoms with Gasteiger partial charge in [-0.1, -0.05) is 25.1 Å². The lowest BCUT2D eigenvalue weighted by Gasteiger charge is -2.40.